The van der Waals surface area contributed by atoms with E-state index in [0.29, 0.717) is 61.0 Å². The number of piperidine rings is 2. The topological polar surface area (TPSA) is 91.0 Å². The second-order valence-electron chi connectivity index (χ2n) is 9.33. The van der Waals surface area contributed by atoms with E-state index >= 15 is 0 Å². The molecule has 9 heteroatoms. The maximum Gasteiger partial charge on any atom is 0.321 e. The van der Waals surface area contributed by atoms with Crippen molar-refractivity contribution in [2.75, 3.05) is 38.6 Å². The van der Waals surface area contributed by atoms with Crippen LogP contribution in [0.2, 0.25) is 5.02 Å². The van der Waals surface area contributed by atoms with Crippen molar-refractivity contribution in [3.05, 3.63) is 59.1 Å². The first kappa shape index (κ1) is 25.8. The zero-order chi connectivity index (χ0) is 25.5. The average molecular weight is 513 g/mol. The number of hydrogen-bond donors (Lipinski definition) is 2. The average Bonchev–Trinajstić information content (AvgIpc) is 2.92. The third-order valence-corrected chi connectivity index (χ3v) is 7.18. The molecule has 192 valence electrons. The number of nitrogens with zero attached hydrogens (tertiary/aromatic N) is 2. The molecule has 1 unspecified atom stereocenters. The third-order valence-electron chi connectivity index (χ3n) is 6.95. The molecule has 2 heterocycles. The van der Waals surface area contributed by atoms with Crippen LogP contribution in [0.4, 0.5) is 10.5 Å². The van der Waals surface area contributed by atoms with Crippen molar-refractivity contribution in [3.8, 4) is 5.75 Å². The van der Waals surface area contributed by atoms with Gasteiger partial charge >= 0.3 is 6.03 Å². The Morgan fingerprint density at radius 3 is 2.28 bits per heavy atom. The molecule has 1 atom stereocenters. The lowest BCUT2D eigenvalue weighted by atomic mass is 9.88. The molecule has 0 aliphatic carbocycles. The van der Waals surface area contributed by atoms with E-state index in [9.17, 15) is 14.4 Å². The lowest BCUT2D eigenvalue weighted by Crippen LogP contribution is -2.55. The van der Waals surface area contributed by atoms with E-state index in [1.165, 1.54) is 0 Å². The Labute approximate surface area is 216 Å². The van der Waals surface area contributed by atoms with Crippen LogP contribution in [0.15, 0.2) is 48.5 Å². The summed E-state index contributed by atoms with van der Waals surface area (Å²) < 4.78 is 5.18. The fraction of sp³-hybridized carbons (Fsp3) is 0.444. The van der Waals surface area contributed by atoms with Gasteiger partial charge in [0.05, 0.1) is 7.11 Å². The predicted octanol–water partition coefficient (Wildman–Crippen LogP) is 4.40. The van der Waals surface area contributed by atoms with E-state index < -0.39 is 6.04 Å². The number of benzene rings is 2. The van der Waals surface area contributed by atoms with Crippen molar-refractivity contribution in [1.82, 2.24) is 15.1 Å². The first-order valence-corrected chi connectivity index (χ1v) is 12.9. The predicted molar refractivity (Wildman–Crippen MR) is 139 cm³/mol. The number of anilines is 1. The van der Waals surface area contributed by atoms with Crippen molar-refractivity contribution < 1.29 is 19.1 Å². The van der Waals surface area contributed by atoms with Crippen molar-refractivity contribution >= 4 is 35.1 Å². The molecule has 4 rings (SSSR count). The minimum atomic E-state index is -0.629. The number of nitrogens with one attached hydrogen (secondary N) is 2. The Morgan fingerprint density at radius 2 is 1.64 bits per heavy atom. The molecule has 2 aromatic rings. The molecule has 8 nitrogen and oxygen atoms in total. The van der Waals surface area contributed by atoms with Gasteiger partial charge in [0.1, 0.15) is 11.8 Å². The van der Waals surface area contributed by atoms with E-state index in [4.69, 9.17) is 16.3 Å². The molecule has 4 amide bonds. The fourth-order valence-corrected chi connectivity index (χ4v) is 5.05. The molecule has 36 heavy (non-hydrogen) atoms. The van der Waals surface area contributed by atoms with Crippen molar-refractivity contribution in [3.63, 3.8) is 0 Å². The summed E-state index contributed by atoms with van der Waals surface area (Å²) in [6, 6.07) is 13.1. The summed E-state index contributed by atoms with van der Waals surface area (Å²) in [6.07, 6.45) is 4.32. The largest absolute Gasteiger partial charge is 0.497 e. The number of amides is 4. The van der Waals surface area contributed by atoms with Gasteiger partial charge in [0, 0.05) is 42.5 Å². The normalized spacial score (nSPS) is 17.3. The van der Waals surface area contributed by atoms with Gasteiger partial charge in [-0.25, -0.2) is 4.79 Å². The monoisotopic (exact) mass is 512 g/mol. The lowest BCUT2D eigenvalue weighted by Gasteiger charge is -2.38. The van der Waals surface area contributed by atoms with E-state index in [0.717, 1.165) is 19.3 Å². The van der Waals surface area contributed by atoms with Crippen molar-refractivity contribution in [2.24, 2.45) is 5.92 Å². The van der Waals surface area contributed by atoms with E-state index in [1.807, 2.05) is 4.90 Å². The summed E-state index contributed by atoms with van der Waals surface area (Å²) in [7, 11) is 1.57. The summed E-state index contributed by atoms with van der Waals surface area (Å²) in [6.45, 7) is 2.43. The number of carbonyl (C=O) groups is 3. The number of urea groups is 1. The molecule has 2 aliphatic rings. The highest BCUT2D eigenvalue weighted by Crippen LogP contribution is 2.25. The van der Waals surface area contributed by atoms with E-state index in [1.54, 1.807) is 60.5 Å². The molecule has 0 spiro atoms. The highest BCUT2D eigenvalue weighted by Gasteiger charge is 2.36. The molecular formula is C27H33ClN4O4. The maximum absolute atomic E-state index is 13.5. The van der Waals surface area contributed by atoms with Gasteiger partial charge < -0.3 is 25.2 Å². The van der Waals surface area contributed by atoms with Gasteiger partial charge in [0.15, 0.2) is 0 Å². The standard InChI is InChI=1S/C27H33ClN4O4/c1-36-23-10-8-20(9-11-23)25(33)30-24(26(34)31-14-3-2-4-15-31)19-12-16-32(17-13-19)27(35)29-22-7-5-6-21(28)18-22/h5-11,18-19,24H,2-4,12-17H2,1H3,(H,29,35)(H,30,33). The van der Waals surface area contributed by atoms with Gasteiger partial charge in [-0.1, -0.05) is 17.7 Å². The van der Waals surface area contributed by atoms with Gasteiger partial charge in [-0.3, -0.25) is 9.59 Å². The quantitative estimate of drug-likeness (QED) is 0.600. The van der Waals surface area contributed by atoms with Crippen LogP contribution >= 0.6 is 11.6 Å². The van der Waals surface area contributed by atoms with Crippen LogP contribution in [0.5, 0.6) is 5.75 Å². The fourth-order valence-electron chi connectivity index (χ4n) is 4.86. The minimum absolute atomic E-state index is 0.0293. The second-order valence-corrected chi connectivity index (χ2v) is 9.77. The Hall–Kier alpha value is -3.26. The van der Waals surface area contributed by atoms with E-state index in [-0.39, 0.29) is 23.8 Å². The molecule has 2 fully saturated rings. The second kappa shape index (κ2) is 12.1. The van der Waals surface area contributed by atoms with Crippen LogP contribution in [0.25, 0.3) is 0 Å². The van der Waals surface area contributed by atoms with Crippen molar-refractivity contribution in [1.29, 1.82) is 0 Å². The smallest absolute Gasteiger partial charge is 0.321 e. The maximum atomic E-state index is 13.5. The molecule has 0 bridgehead atoms. The highest BCUT2D eigenvalue weighted by molar-refractivity contribution is 6.30. The van der Waals surface area contributed by atoms with Crippen molar-refractivity contribution in [2.45, 2.75) is 38.1 Å². The zero-order valence-electron chi connectivity index (χ0n) is 20.5. The lowest BCUT2D eigenvalue weighted by molar-refractivity contribution is -0.136. The van der Waals surface area contributed by atoms with Crippen LogP contribution in [-0.2, 0) is 4.79 Å². The summed E-state index contributed by atoms with van der Waals surface area (Å²) in [4.78, 5) is 43.0. The van der Waals surface area contributed by atoms with Crippen LogP contribution in [-0.4, -0.2) is 67.0 Å². The Morgan fingerprint density at radius 1 is 0.944 bits per heavy atom. The van der Waals surface area contributed by atoms with Crippen LogP contribution < -0.4 is 15.4 Å². The van der Waals surface area contributed by atoms with Gasteiger partial charge in [0.2, 0.25) is 5.91 Å². The number of methoxy groups -OCH3 is 1. The molecule has 2 aliphatic heterocycles. The molecule has 2 saturated heterocycles. The summed E-state index contributed by atoms with van der Waals surface area (Å²) in [5.41, 5.74) is 1.12. The molecule has 2 aromatic carbocycles. The summed E-state index contributed by atoms with van der Waals surface area (Å²) in [5, 5.41) is 6.46. The SMILES string of the molecule is COc1ccc(C(=O)NC(C(=O)N2CCCCC2)C2CCN(C(=O)Nc3cccc(Cl)c3)CC2)cc1. The molecule has 0 saturated carbocycles. The van der Waals surface area contributed by atoms with Crippen LogP contribution in [0.3, 0.4) is 0 Å². The van der Waals surface area contributed by atoms with Crippen LogP contribution in [0.1, 0.15) is 42.5 Å². The molecule has 0 aromatic heterocycles. The number of likely N-dealkylation sites (tertiary alicyclic amines) is 2. The highest BCUT2D eigenvalue weighted by atomic mass is 35.5. The summed E-state index contributed by atoms with van der Waals surface area (Å²) in [5.74, 6) is 0.292. The minimum Gasteiger partial charge on any atom is -0.497 e. The number of rotatable bonds is 6. The Balaban J connectivity index is 1.42. The third kappa shape index (κ3) is 6.49. The number of hydrogen-bond acceptors (Lipinski definition) is 4. The molecule has 2 N–H and O–H groups in total. The van der Waals surface area contributed by atoms with Gasteiger partial charge in [0.25, 0.3) is 5.91 Å². The first-order valence-electron chi connectivity index (χ1n) is 12.5. The Kier molecular flexibility index (Phi) is 8.70. The van der Waals surface area contributed by atoms with Crippen LogP contribution in [0, 0.1) is 5.92 Å². The van der Waals surface area contributed by atoms with Gasteiger partial charge in [-0.15, -0.1) is 0 Å². The summed E-state index contributed by atoms with van der Waals surface area (Å²) >= 11 is 6.02. The molecular weight excluding hydrogens is 480 g/mol. The first-order chi connectivity index (χ1) is 17.4. The zero-order valence-corrected chi connectivity index (χ0v) is 21.3. The van der Waals surface area contributed by atoms with Gasteiger partial charge in [-0.05, 0) is 80.5 Å². The number of halogens is 1. The number of carbonyl (C=O) groups excluding carboxylic acids is 3. The molecule has 0 radical (unpaired) electrons. The number of ether oxygens (including phenoxy) is 1. The Bertz CT molecular complexity index is 1060. The van der Waals surface area contributed by atoms with E-state index in [2.05, 4.69) is 10.6 Å². The van der Waals surface area contributed by atoms with Gasteiger partial charge in [-0.2, -0.15) is 0 Å².